The van der Waals surface area contributed by atoms with Gasteiger partial charge in [0.1, 0.15) is 0 Å². The Bertz CT molecular complexity index is 453. The van der Waals surface area contributed by atoms with Crippen molar-refractivity contribution in [1.29, 1.82) is 0 Å². The number of hydrogen-bond acceptors (Lipinski definition) is 4. The maximum absolute atomic E-state index is 12.2. The van der Waals surface area contributed by atoms with Crippen LogP contribution in [0.25, 0.3) is 0 Å². The van der Waals surface area contributed by atoms with Crippen molar-refractivity contribution < 1.29 is 24.2 Å². The lowest BCUT2D eigenvalue weighted by Gasteiger charge is -2.32. The molecule has 1 saturated carbocycles. The minimum atomic E-state index is -0.862. The van der Waals surface area contributed by atoms with Crippen molar-refractivity contribution in [2.45, 2.75) is 32.3 Å². The maximum atomic E-state index is 12.2. The topological polar surface area (TPSA) is 87.2 Å². The first-order chi connectivity index (χ1) is 10.4. The second-order valence-electron chi connectivity index (χ2n) is 6.05. The van der Waals surface area contributed by atoms with E-state index in [9.17, 15) is 14.4 Å². The summed E-state index contributed by atoms with van der Waals surface area (Å²) < 4.78 is 5.39. The third-order valence-corrected chi connectivity index (χ3v) is 4.30. The third-order valence-electron chi connectivity index (χ3n) is 4.30. The Kier molecular flexibility index (Phi) is 5.39. The predicted molar refractivity (Wildman–Crippen MR) is 78.1 cm³/mol. The first kappa shape index (κ1) is 16.7. The molecule has 22 heavy (non-hydrogen) atoms. The number of rotatable bonds is 6. The van der Waals surface area contributed by atoms with Crippen molar-refractivity contribution in [3.05, 3.63) is 0 Å². The fraction of sp³-hybridized carbons (Fsp3) is 0.800. The van der Waals surface area contributed by atoms with Gasteiger partial charge in [-0.2, -0.15) is 0 Å². The van der Waals surface area contributed by atoms with E-state index < -0.39 is 11.9 Å². The summed E-state index contributed by atoms with van der Waals surface area (Å²) in [5.74, 6) is -1.75. The molecule has 1 N–H and O–H groups in total. The molecule has 7 nitrogen and oxygen atoms in total. The lowest BCUT2D eigenvalue weighted by molar-refractivity contribution is -0.147. The van der Waals surface area contributed by atoms with Crippen LogP contribution in [0.2, 0.25) is 0 Å². The van der Waals surface area contributed by atoms with E-state index in [4.69, 9.17) is 9.84 Å². The van der Waals surface area contributed by atoms with Gasteiger partial charge in [0.05, 0.1) is 24.5 Å². The van der Waals surface area contributed by atoms with E-state index in [1.165, 1.54) is 4.90 Å². The fourth-order valence-electron chi connectivity index (χ4n) is 2.90. The van der Waals surface area contributed by atoms with Gasteiger partial charge in [0.2, 0.25) is 11.8 Å². The van der Waals surface area contributed by atoms with Crippen LogP contribution < -0.4 is 0 Å². The number of ether oxygens (including phenoxy) is 1. The molecule has 0 aromatic rings. The van der Waals surface area contributed by atoms with Crippen molar-refractivity contribution >= 4 is 17.8 Å². The minimum absolute atomic E-state index is 0.000513. The average molecular weight is 312 g/mol. The Balaban J connectivity index is 1.81. The van der Waals surface area contributed by atoms with Crippen molar-refractivity contribution in [1.82, 2.24) is 9.80 Å². The number of nitrogens with zero attached hydrogens (tertiary/aromatic N) is 2. The molecule has 2 aliphatic rings. The molecule has 1 aliphatic carbocycles. The Morgan fingerprint density at radius 3 is 2.73 bits per heavy atom. The van der Waals surface area contributed by atoms with Crippen LogP contribution in [-0.2, 0) is 19.1 Å². The van der Waals surface area contributed by atoms with Gasteiger partial charge >= 0.3 is 5.97 Å². The molecule has 0 aromatic heterocycles. The second kappa shape index (κ2) is 7.09. The molecular weight excluding hydrogens is 288 g/mol. The number of carboxylic acid groups (broad SMARTS) is 1. The summed E-state index contributed by atoms with van der Waals surface area (Å²) >= 11 is 0. The lowest BCUT2D eigenvalue weighted by atomic mass is 9.98. The molecule has 1 aliphatic heterocycles. The van der Waals surface area contributed by atoms with Crippen LogP contribution in [0.15, 0.2) is 0 Å². The summed E-state index contributed by atoms with van der Waals surface area (Å²) in [5, 5.41) is 9.05. The molecule has 2 fully saturated rings. The molecule has 1 heterocycles. The minimum Gasteiger partial charge on any atom is -0.481 e. The standard InChI is InChI=1S/C15H24N2O5/c1-3-22-12-7-11(12)14(19)16(2)9-13(18)17-6-4-5-10(8-17)15(20)21/h10-12H,3-9H2,1-2H3,(H,20,21)/t10-,11+,12-/m1/s1. The zero-order valence-electron chi connectivity index (χ0n) is 13.2. The zero-order chi connectivity index (χ0) is 16.3. The molecule has 1 saturated heterocycles. The van der Waals surface area contributed by atoms with Gasteiger partial charge in [0, 0.05) is 26.7 Å². The molecule has 2 rings (SSSR count). The maximum Gasteiger partial charge on any atom is 0.308 e. The van der Waals surface area contributed by atoms with Crippen molar-refractivity contribution in [2.24, 2.45) is 11.8 Å². The van der Waals surface area contributed by atoms with Crippen molar-refractivity contribution in [2.75, 3.05) is 33.3 Å². The van der Waals surface area contributed by atoms with E-state index in [-0.39, 0.29) is 36.9 Å². The van der Waals surface area contributed by atoms with Gasteiger partial charge in [-0.05, 0) is 26.2 Å². The number of likely N-dealkylation sites (N-methyl/N-ethyl adjacent to an activating group) is 1. The molecule has 0 radical (unpaired) electrons. The Morgan fingerprint density at radius 2 is 2.09 bits per heavy atom. The molecule has 0 aromatic carbocycles. The Morgan fingerprint density at radius 1 is 1.36 bits per heavy atom. The molecule has 0 spiro atoms. The molecule has 0 unspecified atom stereocenters. The highest BCUT2D eigenvalue weighted by molar-refractivity contribution is 5.87. The van der Waals surface area contributed by atoms with Gasteiger partial charge in [-0.3, -0.25) is 14.4 Å². The molecule has 7 heteroatoms. The van der Waals surface area contributed by atoms with Crippen LogP contribution in [0.5, 0.6) is 0 Å². The van der Waals surface area contributed by atoms with E-state index in [0.717, 1.165) is 6.42 Å². The lowest BCUT2D eigenvalue weighted by Crippen LogP contribution is -2.47. The van der Waals surface area contributed by atoms with Gasteiger partial charge in [-0.1, -0.05) is 0 Å². The monoisotopic (exact) mass is 312 g/mol. The van der Waals surface area contributed by atoms with Gasteiger partial charge in [-0.15, -0.1) is 0 Å². The highest BCUT2D eigenvalue weighted by atomic mass is 16.5. The number of amides is 2. The second-order valence-corrected chi connectivity index (χ2v) is 6.05. The summed E-state index contributed by atoms with van der Waals surface area (Å²) in [7, 11) is 1.61. The van der Waals surface area contributed by atoms with Crippen molar-refractivity contribution in [3.8, 4) is 0 Å². The van der Waals surface area contributed by atoms with Gasteiger partial charge in [-0.25, -0.2) is 0 Å². The predicted octanol–water partition coefficient (Wildman–Crippen LogP) is 0.193. The number of carbonyl (C=O) groups is 3. The van der Waals surface area contributed by atoms with Crippen molar-refractivity contribution in [3.63, 3.8) is 0 Å². The van der Waals surface area contributed by atoms with E-state index in [1.807, 2.05) is 6.92 Å². The number of carbonyl (C=O) groups excluding carboxylic acids is 2. The number of carboxylic acids is 1. The summed E-state index contributed by atoms with van der Waals surface area (Å²) in [6, 6.07) is 0. The van der Waals surface area contributed by atoms with E-state index in [0.29, 0.717) is 26.0 Å². The molecule has 124 valence electrons. The first-order valence-corrected chi connectivity index (χ1v) is 7.81. The first-order valence-electron chi connectivity index (χ1n) is 7.81. The van der Waals surface area contributed by atoms with Crippen LogP contribution in [0, 0.1) is 11.8 Å². The zero-order valence-corrected chi connectivity index (χ0v) is 13.2. The number of piperidine rings is 1. The number of hydrogen-bond donors (Lipinski definition) is 1. The summed E-state index contributed by atoms with van der Waals surface area (Å²) in [4.78, 5) is 38.4. The SMILES string of the molecule is CCO[C@@H]1C[C@@H]1C(=O)N(C)CC(=O)N1CCC[C@@H](C(=O)O)C1. The molecular formula is C15H24N2O5. The molecule has 2 amide bonds. The summed E-state index contributed by atoms with van der Waals surface area (Å²) in [5.41, 5.74) is 0. The number of aliphatic carboxylic acids is 1. The third kappa shape index (κ3) is 3.97. The van der Waals surface area contributed by atoms with Crippen LogP contribution in [-0.4, -0.2) is 72.1 Å². The van der Waals surface area contributed by atoms with Gasteiger partial charge in [0.15, 0.2) is 0 Å². The highest BCUT2D eigenvalue weighted by Crippen LogP contribution is 2.35. The quantitative estimate of drug-likeness (QED) is 0.757. The normalized spacial score (nSPS) is 27.4. The average Bonchev–Trinajstić information content (AvgIpc) is 3.26. The Hall–Kier alpha value is -1.63. The van der Waals surface area contributed by atoms with Gasteiger partial charge in [0.25, 0.3) is 0 Å². The van der Waals surface area contributed by atoms with Crippen LogP contribution in [0.3, 0.4) is 0 Å². The highest BCUT2D eigenvalue weighted by Gasteiger charge is 2.45. The van der Waals surface area contributed by atoms with Gasteiger partial charge < -0.3 is 19.6 Å². The largest absolute Gasteiger partial charge is 0.481 e. The number of likely N-dealkylation sites (tertiary alicyclic amines) is 1. The van der Waals surface area contributed by atoms with Crippen LogP contribution >= 0.6 is 0 Å². The van der Waals surface area contributed by atoms with E-state index in [2.05, 4.69) is 0 Å². The smallest absolute Gasteiger partial charge is 0.308 e. The van der Waals surface area contributed by atoms with E-state index >= 15 is 0 Å². The van der Waals surface area contributed by atoms with Crippen LogP contribution in [0.4, 0.5) is 0 Å². The summed E-state index contributed by atoms with van der Waals surface area (Å²) in [6.07, 6.45) is 2.00. The van der Waals surface area contributed by atoms with E-state index in [1.54, 1.807) is 11.9 Å². The fourth-order valence-corrected chi connectivity index (χ4v) is 2.90. The molecule has 3 atom stereocenters. The molecule has 0 bridgehead atoms. The Labute approximate surface area is 130 Å². The van der Waals surface area contributed by atoms with Crippen LogP contribution in [0.1, 0.15) is 26.2 Å². The summed E-state index contributed by atoms with van der Waals surface area (Å²) in [6.45, 7) is 3.28.